The third-order valence-corrected chi connectivity index (χ3v) is 3.93. The zero-order valence-electron chi connectivity index (χ0n) is 13.5. The highest BCUT2D eigenvalue weighted by atomic mass is 16.5. The fourth-order valence-electron chi connectivity index (χ4n) is 2.54. The number of para-hydroxylation sites is 1. The first-order chi connectivity index (χ1) is 11.6. The minimum absolute atomic E-state index is 0.106. The Morgan fingerprint density at radius 2 is 1.92 bits per heavy atom. The van der Waals surface area contributed by atoms with Gasteiger partial charge in [0, 0.05) is 30.5 Å². The van der Waals surface area contributed by atoms with Crippen LogP contribution in [0.3, 0.4) is 0 Å². The molecule has 2 amide bonds. The number of anilines is 1. The standard InChI is InChI=1S/C18H19N3O3/c1-13-4-2-3-5-15(13)20-17(22)16-12-14(6-7-19-16)18(23)21-8-10-24-11-9-21/h2-7,12H,8-11H2,1H3,(H,20,22). The zero-order chi connectivity index (χ0) is 16.9. The van der Waals surface area contributed by atoms with Crippen molar-refractivity contribution in [2.75, 3.05) is 31.6 Å². The Morgan fingerprint density at radius 3 is 2.67 bits per heavy atom. The number of carbonyl (C=O) groups excluding carboxylic acids is 2. The predicted molar refractivity (Wildman–Crippen MR) is 90.1 cm³/mol. The number of rotatable bonds is 3. The number of hydrogen-bond acceptors (Lipinski definition) is 4. The summed E-state index contributed by atoms with van der Waals surface area (Å²) in [6.07, 6.45) is 1.49. The largest absolute Gasteiger partial charge is 0.378 e. The van der Waals surface area contributed by atoms with Crippen molar-refractivity contribution < 1.29 is 14.3 Å². The van der Waals surface area contributed by atoms with Gasteiger partial charge >= 0.3 is 0 Å². The maximum atomic E-state index is 12.5. The SMILES string of the molecule is Cc1ccccc1NC(=O)c1cc(C(=O)N2CCOCC2)ccn1. The summed E-state index contributed by atoms with van der Waals surface area (Å²) in [5, 5.41) is 2.83. The van der Waals surface area contributed by atoms with Gasteiger partial charge in [0.1, 0.15) is 5.69 Å². The first-order valence-electron chi connectivity index (χ1n) is 7.85. The van der Waals surface area contributed by atoms with Crippen LogP contribution < -0.4 is 5.32 Å². The molecular weight excluding hydrogens is 306 g/mol. The Bertz CT molecular complexity index is 755. The summed E-state index contributed by atoms with van der Waals surface area (Å²) in [4.78, 5) is 30.7. The predicted octanol–water partition coefficient (Wildman–Crippen LogP) is 2.11. The normalized spacial score (nSPS) is 14.3. The number of pyridine rings is 1. The summed E-state index contributed by atoms with van der Waals surface area (Å²) in [7, 11) is 0. The topological polar surface area (TPSA) is 71.5 Å². The summed E-state index contributed by atoms with van der Waals surface area (Å²) in [6, 6.07) is 10.7. The van der Waals surface area contributed by atoms with E-state index in [1.54, 1.807) is 11.0 Å². The van der Waals surface area contributed by atoms with Crippen molar-refractivity contribution >= 4 is 17.5 Å². The number of benzene rings is 1. The molecule has 2 heterocycles. The van der Waals surface area contributed by atoms with E-state index in [4.69, 9.17) is 4.74 Å². The molecule has 1 fully saturated rings. The summed E-state index contributed by atoms with van der Waals surface area (Å²) >= 11 is 0. The molecule has 6 nitrogen and oxygen atoms in total. The smallest absolute Gasteiger partial charge is 0.274 e. The van der Waals surface area contributed by atoms with E-state index in [-0.39, 0.29) is 17.5 Å². The Hall–Kier alpha value is -2.73. The van der Waals surface area contributed by atoms with Crippen LogP contribution in [-0.2, 0) is 4.74 Å². The molecule has 3 rings (SSSR count). The summed E-state index contributed by atoms with van der Waals surface area (Å²) < 4.78 is 5.25. The molecule has 0 aliphatic carbocycles. The van der Waals surface area contributed by atoms with Crippen molar-refractivity contribution in [2.24, 2.45) is 0 Å². The highest BCUT2D eigenvalue weighted by molar-refractivity contribution is 6.05. The fourth-order valence-corrected chi connectivity index (χ4v) is 2.54. The first kappa shape index (κ1) is 16.1. The van der Waals surface area contributed by atoms with Crippen LogP contribution in [0, 0.1) is 6.92 Å². The van der Waals surface area contributed by atoms with E-state index in [0.29, 0.717) is 31.9 Å². The number of aromatic nitrogens is 1. The molecule has 0 unspecified atom stereocenters. The van der Waals surface area contributed by atoms with Gasteiger partial charge in [-0.25, -0.2) is 0 Å². The molecule has 0 saturated carbocycles. The molecule has 1 N–H and O–H groups in total. The van der Waals surface area contributed by atoms with Crippen LogP contribution >= 0.6 is 0 Å². The van der Waals surface area contributed by atoms with Crippen LogP contribution in [-0.4, -0.2) is 48.0 Å². The van der Waals surface area contributed by atoms with Gasteiger partial charge in [0.25, 0.3) is 11.8 Å². The highest BCUT2D eigenvalue weighted by Gasteiger charge is 2.20. The summed E-state index contributed by atoms with van der Waals surface area (Å²) in [5.41, 5.74) is 2.37. The van der Waals surface area contributed by atoms with Gasteiger partial charge in [-0.1, -0.05) is 18.2 Å². The van der Waals surface area contributed by atoms with Crippen LogP contribution in [0.2, 0.25) is 0 Å². The average Bonchev–Trinajstić information content (AvgIpc) is 2.64. The lowest BCUT2D eigenvalue weighted by Gasteiger charge is -2.26. The van der Waals surface area contributed by atoms with Crippen molar-refractivity contribution in [1.82, 2.24) is 9.88 Å². The maximum Gasteiger partial charge on any atom is 0.274 e. The number of aryl methyl sites for hydroxylation is 1. The van der Waals surface area contributed by atoms with Crippen LogP contribution in [0.25, 0.3) is 0 Å². The minimum atomic E-state index is -0.332. The maximum absolute atomic E-state index is 12.5. The second-order valence-electron chi connectivity index (χ2n) is 5.60. The molecule has 24 heavy (non-hydrogen) atoms. The second kappa shape index (κ2) is 7.23. The number of carbonyl (C=O) groups is 2. The van der Waals surface area contributed by atoms with Crippen molar-refractivity contribution in [3.05, 3.63) is 59.4 Å². The van der Waals surface area contributed by atoms with Crippen LogP contribution in [0.4, 0.5) is 5.69 Å². The molecule has 1 aromatic heterocycles. The van der Waals surface area contributed by atoms with Crippen LogP contribution in [0.15, 0.2) is 42.6 Å². The van der Waals surface area contributed by atoms with Crippen molar-refractivity contribution in [2.45, 2.75) is 6.92 Å². The molecule has 1 aliphatic rings. The molecule has 1 saturated heterocycles. The number of amides is 2. The van der Waals surface area contributed by atoms with E-state index in [1.165, 1.54) is 12.3 Å². The van der Waals surface area contributed by atoms with Gasteiger partial charge in [0.05, 0.1) is 13.2 Å². The van der Waals surface area contributed by atoms with Gasteiger partial charge in [-0.2, -0.15) is 0 Å². The first-order valence-corrected chi connectivity index (χ1v) is 7.85. The van der Waals surface area contributed by atoms with E-state index in [2.05, 4.69) is 10.3 Å². The molecule has 0 radical (unpaired) electrons. The zero-order valence-corrected chi connectivity index (χ0v) is 13.5. The molecule has 0 spiro atoms. The lowest BCUT2D eigenvalue weighted by atomic mass is 10.1. The highest BCUT2D eigenvalue weighted by Crippen LogP contribution is 2.15. The lowest BCUT2D eigenvalue weighted by molar-refractivity contribution is 0.0303. The van der Waals surface area contributed by atoms with Gasteiger partial charge < -0.3 is 15.0 Å². The Kier molecular flexibility index (Phi) is 4.86. The summed E-state index contributed by atoms with van der Waals surface area (Å²) in [6.45, 7) is 4.12. The number of ether oxygens (including phenoxy) is 1. The van der Waals surface area contributed by atoms with Crippen LogP contribution in [0.5, 0.6) is 0 Å². The molecule has 2 aromatic rings. The van der Waals surface area contributed by atoms with Gasteiger partial charge in [0.15, 0.2) is 0 Å². The molecule has 124 valence electrons. The van der Waals surface area contributed by atoms with E-state index < -0.39 is 0 Å². The van der Waals surface area contributed by atoms with Gasteiger partial charge in [0.2, 0.25) is 0 Å². The number of hydrogen-bond donors (Lipinski definition) is 1. The number of nitrogens with one attached hydrogen (secondary N) is 1. The monoisotopic (exact) mass is 325 g/mol. The quantitative estimate of drug-likeness (QED) is 0.938. The van der Waals surface area contributed by atoms with Crippen molar-refractivity contribution in [3.63, 3.8) is 0 Å². The van der Waals surface area contributed by atoms with Crippen LogP contribution in [0.1, 0.15) is 26.4 Å². The number of morpholine rings is 1. The van der Waals surface area contributed by atoms with E-state index in [0.717, 1.165) is 11.3 Å². The molecule has 6 heteroatoms. The second-order valence-corrected chi connectivity index (χ2v) is 5.60. The molecule has 0 atom stereocenters. The van der Waals surface area contributed by atoms with Crippen molar-refractivity contribution in [3.8, 4) is 0 Å². The molecule has 1 aliphatic heterocycles. The van der Waals surface area contributed by atoms with Gasteiger partial charge in [-0.15, -0.1) is 0 Å². The Labute approximate surface area is 140 Å². The lowest BCUT2D eigenvalue weighted by Crippen LogP contribution is -2.40. The molecule has 0 bridgehead atoms. The van der Waals surface area contributed by atoms with E-state index in [1.807, 2.05) is 31.2 Å². The third kappa shape index (κ3) is 3.60. The fraction of sp³-hybridized carbons (Fsp3) is 0.278. The number of nitrogens with zero attached hydrogens (tertiary/aromatic N) is 2. The third-order valence-electron chi connectivity index (χ3n) is 3.93. The summed E-state index contributed by atoms with van der Waals surface area (Å²) in [5.74, 6) is -0.438. The molecular formula is C18H19N3O3. The minimum Gasteiger partial charge on any atom is -0.378 e. The Balaban J connectivity index is 1.76. The average molecular weight is 325 g/mol. The van der Waals surface area contributed by atoms with Gasteiger partial charge in [-0.3, -0.25) is 14.6 Å². The van der Waals surface area contributed by atoms with E-state index in [9.17, 15) is 9.59 Å². The molecule has 1 aromatic carbocycles. The Morgan fingerprint density at radius 1 is 1.17 bits per heavy atom. The van der Waals surface area contributed by atoms with E-state index >= 15 is 0 Å². The van der Waals surface area contributed by atoms with Gasteiger partial charge in [-0.05, 0) is 30.7 Å². The van der Waals surface area contributed by atoms with Crippen molar-refractivity contribution in [1.29, 1.82) is 0 Å².